The standard InChI is InChI=1S/C21H42N2O/c1-3-5-6-7-8-9-10-11-12-13-14-15-16-17-18-19-20(24)21(22,23)4-2/h11-12H,3-10,13-19,22-23H2,1-2H3. The lowest BCUT2D eigenvalue weighted by atomic mass is 9.98. The van der Waals surface area contributed by atoms with Crippen LogP contribution >= 0.6 is 0 Å². The molecule has 0 spiro atoms. The summed E-state index contributed by atoms with van der Waals surface area (Å²) in [6.07, 6.45) is 22.2. The Kier molecular flexibility index (Phi) is 15.4. The molecule has 0 aliphatic carbocycles. The van der Waals surface area contributed by atoms with Gasteiger partial charge in [0.1, 0.15) is 5.66 Å². The predicted octanol–water partition coefficient (Wildman–Crippen LogP) is 5.62. The van der Waals surface area contributed by atoms with E-state index in [-0.39, 0.29) is 5.78 Å². The van der Waals surface area contributed by atoms with Crippen molar-refractivity contribution in [2.45, 2.75) is 116 Å². The number of carbonyl (C=O) groups excluding carboxylic acids is 1. The summed E-state index contributed by atoms with van der Waals surface area (Å²) in [6.45, 7) is 4.12. The van der Waals surface area contributed by atoms with Crippen LogP contribution in [0.15, 0.2) is 12.2 Å². The molecule has 0 aromatic heterocycles. The van der Waals surface area contributed by atoms with Gasteiger partial charge in [0.25, 0.3) is 0 Å². The molecule has 0 aromatic rings. The molecular formula is C21H42N2O. The summed E-state index contributed by atoms with van der Waals surface area (Å²) in [5.41, 5.74) is 10.4. The van der Waals surface area contributed by atoms with Crippen LogP contribution in [-0.4, -0.2) is 11.4 Å². The number of hydrogen-bond donors (Lipinski definition) is 2. The first-order chi connectivity index (χ1) is 11.5. The number of ketones is 1. The van der Waals surface area contributed by atoms with Crippen LogP contribution in [0.2, 0.25) is 0 Å². The Balaban J connectivity index is 3.30. The monoisotopic (exact) mass is 338 g/mol. The summed E-state index contributed by atoms with van der Waals surface area (Å²) in [6, 6.07) is 0. The van der Waals surface area contributed by atoms with Gasteiger partial charge in [-0.3, -0.25) is 4.79 Å². The Bertz CT molecular complexity index is 324. The fourth-order valence-corrected chi connectivity index (χ4v) is 2.79. The van der Waals surface area contributed by atoms with Gasteiger partial charge in [-0.1, -0.05) is 77.4 Å². The van der Waals surface area contributed by atoms with Crippen molar-refractivity contribution in [1.29, 1.82) is 0 Å². The average Bonchev–Trinajstić information content (AvgIpc) is 2.58. The molecule has 0 unspecified atom stereocenters. The van der Waals surface area contributed by atoms with Gasteiger partial charge >= 0.3 is 0 Å². The minimum Gasteiger partial charge on any atom is -0.307 e. The van der Waals surface area contributed by atoms with Crippen LogP contribution in [0.1, 0.15) is 110 Å². The van der Waals surface area contributed by atoms with Gasteiger partial charge < -0.3 is 11.5 Å². The van der Waals surface area contributed by atoms with E-state index < -0.39 is 5.66 Å². The molecule has 0 bridgehead atoms. The van der Waals surface area contributed by atoms with Crippen molar-refractivity contribution >= 4 is 5.78 Å². The fourth-order valence-electron chi connectivity index (χ4n) is 2.79. The second kappa shape index (κ2) is 15.8. The Labute approximate surface area is 150 Å². The highest BCUT2D eigenvalue weighted by Crippen LogP contribution is 2.12. The molecule has 0 saturated carbocycles. The molecule has 4 N–H and O–H groups in total. The molecule has 0 aliphatic rings. The molecule has 0 saturated heterocycles. The van der Waals surface area contributed by atoms with Crippen LogP contribution in [0, 0.1) is 0 Å². The van der Waals surface area contributed by atoms with Crippen LogP contribution in [0.25, 0.3) is 0 Å². The van der Waals surface area contributed by atoms with Crippen molar-refractivity contribution < 1.29 is 4.79 Å². The summed E-state index contributed by atoms with van der Waals surface area (Å²) in [5, 5.41) is 0. The number of rotatable bonds is 17. The van der Waals surface area contributed by atoms with Crippen molar-refractivity contribution in [2.75, 3.05) is 0 Å². The second-order valence-corrected chi connectivity index (χ2v) is 7.15. The summed E-state index contributed by atoms with van der Waals surface area (Å²) < 4.78 is 0. The van der Waals surface area contributed by atoms with Crippen LogP contribution in [0.4, 0.5) is 0 Å². The van der Waals surface area contributed by atoms with Crippen LogP contribution < -0.4 is 11.5 Å². The lowest BCUT2D eigenvalue weighted by Crippen LogP contribution is -2.55. The van der Waals surface area contributed by atoms with Crippen LogP contribution in [0.5, 0.6) is 0 Å². The van der Waals surface area contributed by atoms with Gasteiger partial charge in [0.05, 0.1) is 0 Å². The van der Waals surface area contributed by atoms with Gasteiger partial charge in [-0.15, -0.1) is 0 Å². The van der Waals surface area contributed by atoms with Gasteiger partial charge in [-0.05, 0) is 38.5 Å². The summed E-state index contributed by atoms with van der Waals surface area (Å²) in [5.74, 6) is 0.00243. The largest absolute Gasteiger partial charge is 0.307 e. The van der Waals surface area contributed by atoms with E-state index in [4.69, 9.17) is 11.5 Å². The minimum atomic E-state index is -1.11. The van der Waals surface area contributed by atoms with Crippen molar-refractivity contribution in [3.8, 4) is 0 Å². The van der Waals surface area contributed by atoms with E-state index in [2.05, 4.69) is 19.1 Å². The number of carbonyl (C=O) groups is 1. The normalized spacial score (nSPS) is 12.2. The molecule has 0 heterocycles. The SMILES string of the molecule is CCCCCCCCC=CCCCCCCCC(=O)C(N)(N)CC. The molecule has 142 valence electrons. The lowest BCUT2D eigenvalue weighted by molar-refractivity contribution is -0.124. The number of Topliss-reactive ketones (excluding diaryl/α,β-unsaturated/α-hetero) is 1. The third-order valence-electron chi connectivity index (χ3n) is 4.77. The maximum absolute atomic E-state index is 11.8. The minimum absolute atomic E-state index is 0.00243. The highest BCUT2D eigenvalue weighted by atomic mass is 16.1. The zero-order valence-electron chi connectivity index (χ0n) is 16.3. The summed E-state index contributed by atoms with van der Waals surface area (Å²) in [7, 11) is 0. The highest BCUT2D eigenvalue weighted by molar-refractivity contribution is 5.87. The van der Waals surface area contributed by atoms with Crippen molar-refractivity contribution in [3.05, 3.63) is 12.2 Å². The van der Waals surface area contributed by atoms with E-state index in [1.54, 1.807) is 0 Å². The zero-order chi connectivity index (χ0) is 18.1. The first-order valence-corrected chi connectivity index (χ1v) is 10.3. The zero-order valence-corrected chi connectivity index (χ0v) is 16.3. The Morgan fingerprint density at radius 2 is 1.21 bits per heavy atom. The lowest BCUT2D eigenvalue weighted by Gasteiger charge is -2.20. The van der Waals surface area contributed by atoms with E-state index in [1.807, 2.05) is 6.92 Å². The maximum Gasteiger partial charge on any atom is 0.166 e. The van der Waals surface area contributed by atoms with E-state index in [0.717, 1.165) is 12.8 Å². The third kappa shape index (κ3) is 13.7. The molecule has 24 heavy (non-hydrogen) atoms. The van der Waals surface area contributed by atoms with Gasteiger partial charge in [-0.25, -0.2) is 0 Å². The topological polar surface area (TPSA) is 69.1 Å². The molecule has 3 nitrogen and oxygen atoms in total. The van der Waals surface area contributed by atoms with Crippen molar-refractivity contribution in [3.63, 3.8) is 0 Å². The summed E-state index contributed by atoms with van der Waals surface area (Å²) in [4.78, 5) is 11.8. The second-order valence-electron chi connectivity index (χ2n) is 7.15. The Morgan fingerprint density at radius 1 is 0.750 bits per heavy atom. The quantitative estimate of drug-likeness (QED) is 0.205. The van der Waals surface area contributed by atoms with Gasteiger partial charge in [0, 0.05) is 6.42 Å². The molecule has 0 radical (unpaired) electrons. The van der Waals surface area contributed by atoms with Crippen LogP contribution in [0.3, 0.4) is 0 Å². The van der Waals surface area contributed by atoms with E-state index >= 15 is 0 Å². The molecule has 3 heteroatoms. The molecule has 0 amide bonds. The molecule has 0 aliphatic heterocycles. The predicted molar refractivity (Wildman–Crippen MR) is 106 cm³/mol. The first-order valence-electron chi connectivity index (χ1n) is 10.3. The summed E-state index contributed by atoms with van der Waals surface area (Å²) >= 11 is 0. The van der Waals surface area contributed by atoms with Gasteiger partial charge in [-0.2, -0.15) is 0 Å². The van der Waals surface area contributed by atoms with Crippen molar-refractivity contribution in [1.82, 2.24) is 0 Å². The Hall–Kier alpha value is -0.670. The first kappa shape index (κ1) is 23.3. The molecular weight excluding hydrogens is 296 g/mol. The van der Waals surface area contributed by atoms with Gasteiger partial charge in [0.15, 0.2) is 5.78 Å². The van der Waals surface area contributed by atoms with E-state index in [0.29, 0.717) is 12.8 Å². The molecule has 0 fully saturated rings. The highest BCUT2D eigenvalue weighted by Gasteiger charge is 2.25. The number of allylic oxidation sites excluding steroid dienone is 2. The van der Waals surface area contributed by atoms with Crippen LogP contribution in [-0.2, 0) is 4.79 Å². The van der Waals surface area contributed by atoms with Gasteiger partial charge in [0.2, 0.25) is 0 Å². The number of hydrogen-bond acceptors (Lipinski definition) is 3. The van der Waals surface area contributed by atoms with Crippen molar-refractivity contribution in [2.24, 2.45) is 11.5 Å². The molecule has 0 aromatic carbocycles. The molecule has 0 rings (SSSR count). The molecule has 0 atom stereocenters. The average molecular weight is 339 g/mol. The number of nitrogens with two attached hydrogens (primary N) is 2. The maximum atomic E-state index is 11.8. The number of unbranched alkanes of at least 4 members (excludes halogenated alkanes) is 11. The van der Waals surface area contributed by atoms with E-state index in [1.165, 1.54) is 70.6 Å². The van der Waals surface area contributed by atoms with E-state index in [9.17, 15) is 4.79 Å². The smallest absolute Gasteiger partial charge is 0.166 e. The fraction of sp³-hybridized carbons (Fsp3) is 0.857. The Morgan fingerprint density at radius 3 is 1.71 bits per heavy atom. The third-order valence-corrected chi connectivity index (χ3v) is 4.77.